The fraction of sp³-hybridized carbons (Fsp3) is 0.190. The van der Waals surface area contributed by atoms with Crippen LogP contribution in [0, 0.1) is 0 Å². The number of nitrogens with one attached hydrogen (secondary N) is 3. The molecule has 0 fully saturated rings. The molecule has 0 bridgehead atoms. The highest BCUT2D eigenvalue weighted by molar-refractivity contribution is 6.07. The van der Waals surface area contributed by atoms with E-state index in [1.165, 1.54) is 12.1 Å². The van der Waals surface area contributed by atoms with Gasteiger partial charge in [0.15, 0.2) is 0 Å². The van der Waals surface area contributed by atoms with Gasteiger partial charge in [0.05, 0.1) is 17.3 Å². The minimum atomic E-state index is -4.46. The van der Waals surface area contributed by atoms with Crippen LogP contribution in [0.25, 0.3) is 10.9 Å². The van der Waals surface area contributed by atoms with Crippen LogP contribution in [0.3, 0.4) is 0 Å². The summed E-state index contributed by atoms with van der Waals surface area (Å²) in [6.45, 7) is 1.60. The monoisotopic (exact) mass is 414 g/mol. The number of anilines is 1. The van der Waals surface area contributed by atoms with E-state index in [2.05, 4.69) is 20.8 Å². The van der Waals surface area contributed by atoms with Gasteiger partial charge in [-0.25, -0.2) is 0 Å². The number of aromatic nitrogens is 2. The van der Waals surface area contributed by atoms with Gasteiger partial charge >= 0.3 is 6.18 Å². The van der Waals surface area contributed by atoms with Crippen LogP contribution in [0.1, 0.15) is 30.4 Å². The number of hydrogen-bond donors (Lipinski definition) is 3. The second-order valence-electron chi connectivity index (χ2n) is 7.09. The van der Waals surface area contributed by atoms with Crippen molar-refractivity contribution in [2.45, 2.75) is 25.4 Å². The van der Waals surface area contributed by atoms with Crippen molar-refractivity contribution in [2.24, 2.45) is 0 Å². The highest BCUT2D eigenvalue weighted by Gasteiger charge is 2.34. The summed E-state index contributed by atoms with van der Waals surface area (Å²) in [6.07, 6.45) is -2.87. The van der Waals surface area contributed by atoms with Crippen molar-refractivity contribution < 1.29 is 22.8 Å². The van der Waals surface area contributed by atoms with Gasteiger partial charge in [0.1, 0.15) is 0 Å². The number of rotatable bonds is 3. The van der Waals surface area contributed by atoms with Gasteiger partial charge in [0, 0.05) is 34.7 Å². The number of allylic oxidation sites excluding steroid dienone is 1. The highest BCUT2D eigenvalue weighted by atomic mass is 19.4. The number of alkyl halides is 3. The van der Waals surface area contributed by atoms with Gasteiger partial charge in [-0.05, 0) is 42.8 Å². The maximum absolute atomic E-state index is 13.0. The van der Waals surface area contributed by atoms with Gasteiger partial charge in [0.25, 0.3) is 5.91 Å². The summed E-state index contributed by atoms with van der Waals surface area (Å²) >= 11 is 0. The van der Waals surface area contributed by atoms with Gasteiger partial charge in [-0.2, -0.15) is 18.3 Å². The molecular weight excluding hydrogens is 397 g/mol. The number of aromatic amines is 1. The molecule has 2 heterocycles. The minimum Gasteiger partial charge on any atom is -0.330 e. The zero-order valence-corrected chi connectivity index (χ0v) is 15.8. The SMILES string of the molecule is CC1=C(C(=O)Nc2ccc3[nH]ncc3c2)C(c2ccc(C(F)(F)F)cc2)CC(=O)N1. The molecule has 2 aromatic carbocycles. The Hall–Kier alpha value is -3.62. The lowest BCUT2D eigenvalue weighted by Crippen LogP contribution is -2.35. The molecule has 1 aliphatic heterocycles. The van der Waals surface area contributed by atoms with E-state index < -0.39 is 23.6 Å². The van der Waals surface area contributed by atoms with E-state index in [1.54, 1.807) is 31.3 Å². The molecule has 30 heavy (non-hydrogen) atoms. The first-order valence-electron chi connectivity index (χ1n) is 9.14. The number of H-pyrrole nitrogens is 1. The Labute approximate surface area is 169 Å². The van der Waals surface area contributed by atoms with Crippen molar-refractivity contribution >= 4 is 28.4 Å². The Kier molecular flexibility index (Phi) is 4.81. The summed E-state index contributed by atoms with van der Waals surface area (Å²) < 4.78 is 38.6. The molecule has 1 aromatic heterocycles. The van der Waals surface area contributed by atoms with Crippen molar-refractivity contribution in [2.75, 3.05) is 5.32 Å². The maximum Gasteiger partial charge on any atom is 0.416 e. The summed E-state index contributed by atoms with van der Waals surface area (Å²) in [5.74, 6) is -1.38. The van der Waals surface area contributed by atoms with Crippen LogP contribution >= 0.6 is 0 Å². The molecule has 1 unspecified atom stereocenters. The van der Waals surface area contributed by atoms with Gasteiger partial charge in [-0.15, -0.1) is 0 Å². The summed E-state index contributed by atoms with van der Waals surface area (Å²) in [5.41, 5.74) is 1.71. The van der Waals surface area contributed by atoms with E-state index in [0.717, 1.165) is 23.0 Å². The predicted molar refractivity (Wildman–Crippen MR) is 104 cm³/mol. The molecule has 0 radical (unpaired) electrons. The number of carbonyl (C=O) groups is 2. The first-order chi connectivity index (χ1) is 14.2. The average molecular weight is 414 g/mol. The van der Waals surface area contributed by atoms with E-state index in [1.807, 2.05) is 0 Å². The third-order valence-corrected chi connectivity index (χ3v) is 5.05. The Balaban J connectivity index is 1.65. The van der Waals surface area contributed by atoms with Crippen LogP contribution in [-0.2, 0) is 15.8 Å². The molecule has 6 nitrogen and oxygen atoms in total. The first kappa shape index (κ1) is 19.7. The molecule has 4 rings (SSSR count). The summed E-state index contributed by atoms with van der Waals surface area (Å²) in [7, 11) is 0. The molecule has 3 aromatic rings. The second kappa shape index (κ2) is 7.33. The van der Waals surface area contributed by atoms with E-state index in [0.29, 0.717) is 22.5 Å². The average Bonchev–Trinajstić information content (AvgIpc) is 3.14. The zero-order chi connectivity index (χ0) is 21.5. The third kappa shape index (κ3) is 3.78. The van der Waals surface area contributed by atoms with E-state index in [4.69, 9.17) is 0 Å². The molecule has 0 saturated carbocycles. The van der Waals surface area contributed by atoms with E-state index >= 15 is 0 Å². The number of hydrogen-bond acceptors (Lipinski definition) is 3. The number of fused-ring (bicyclic) bond motifs is 1. The molecule has 3 N–H and O–H groups in total. The van der Waals surface area contributed by atoms with Crippen LogP contribution in [0.15, 0.2) is 59.9 Å². The lowest BCUT2D eigenvalue weighted by molar-refractivity contribution is -0.137. The lowest BCUT2D eigenvalue weighted by atomic mass is 9.83. The van der Waals surface area contributed by atoms with Crippen molar-refractivity contribution in [3.8, 4) is 0 Å². The smallest absolute Gasteiger partial charge is 0.330 e. The first-order valence-corrected chi connectivity index (χ1v) is 9.14. The standard InChI is InChI=1S/C21H17F3N4O2/c1-11-19(20(30)27-15-6-7-17-13(8-15)10-25-28-17)16(9-18(29)26-11)12-2-4-14(5-3-12)21(22,23)24/h2-8,10,16H,9H2,1H3,(H,25,28)(H,26,29)(H,27,30). The van der Waals surface area contributed by atoms with Gasteiger partial charge in [-0.1, -0.05) is 12.1 Å². The number of nitrogens with zero attached hydrogens (tertiary/aromatic N) is 1. The molecule has 2 amide bonds. The van der Waals surface area contributed by atoms with Crippen LogP contribution in [0.4, 0.5) is 18.9 Å². The largest absolute Gasteiger partial charge is 0.416 e. The Morgan fingerprint density at radius 2 is 1.90 bits per heavy atom. The quantitative estimate of drug-likeness (QED) is 0.603. The molecule has 1 aliphatic rings. The van der Waals surface area contributed by atoms with Gasteiger partial charge < -0.3 is 10.6 Å². The fourth-order valence-electron chi connectivity index (χ4n) is 3.61. The van der Waals surface area contributed by atoms with Gasteiger partial charge in [0.2, 0.25) is 5.91 Å². The minimum absolute atomic E-state index is 0.0355. The second-order valence-corrected chi connectivity index (χ2v) is 7.09. The van der Waals surface area contributed by atoms with Crippen LogP contribution in [-0.4, -0.2) is 22.0 Å². The van der Waals surface area contributed by atoms with Crippen LogP contribution in [0.2, 0.25) is 0 Å². The Morgan fingerprint density at radius 3 is 2.60 bits per heavy atom. The summed E-state index contributed by atoms with van der Waals surface area (Å²) in [5, 5.41) is 13.0. The van der Waals surface area contributed by atoms with Crippen molar-refractivity contribution in [3.05, 3.63) is 71.1 Å². The highest BCUT2D eigenvalue weighted by Crippen LogP contribution is 2.36. The topological polar surface area (TPSA) is 86.9 Å². The molecule has 154 valence electrons. The molecule has 0 aliphatic carbocycles. The molecular formula is C21H17F3N4O2. The lowest BCUT2D eigenvalue weighted by Gasteiger charge is -2.27. The van der Waals surface area contributed by atoms with Crippen LogP contribution in [0.5, 0.6) is 0 Å². The van der Waals surface area contributed by atoms with E-state index in [9.17, 15) is 22.8 Å². The third-order valence-electron chi connectivity index (χ3n) is 5.05. The summed E-state index contributed by atoms with van der Waals surface area (Å²) in [6, 6.07) is 9.77. The number of carbonyl (C=O) groups excluding carboxylic acids is 2. The molecule has 9 heteroatoms. The van der Waals surface area contributed by atoms with Gasteiger partial charge in [-0.3, -0.25) is 14.7 Å². The Morgan fingerprint density at radius 1 is 1.17 bits per heavy atom. The number of amides is 2. The molecule has 1 atom stereocenters. The Bertz CT molecular complexity index is 1160. The van der Waals surface area contributed by atoms with Crippen molar-refractivity contribution in [1.82, 2.24) is 15.5 Å². The number of halogens is 3. The fourth-order valence-corrected chi connectivity index (χ4v) is 3.61. The van der Waals surface area contributed by atoms with Crippen molar-refractivity contribution in [1.29, 1.82) is 0 Å². The summed E-state index contributed by atoms with van der Waals surface area (Å²) in [4.78, 5) is 25.1. The van der Waals surface area contributed by atoms with Crippen LogP contribution < -0.4 is 10.6 Å². The number of benzene rings is 2. The zero-order valence-electron chi connectivity index (χ0n) is 15.8. The van der Waals surface area contributed by atoms with E-state index in [-0.39, 0.29) is 12.3 Å². The molecule has 0 spiro atoms. The predicted octanol–water partition coefficient (Wildman–Crippen LogP) is 4.10. The normalized spacial score (nSPS) is 17.2. The van der Waals surface area contributed by atoms with Crippen molar-refractivity contribution in [3.63, 3.8) is 0 Å². The molecule has 0 saturated heterocycles. The maximum atomic E-state index is 13.0.